The Kier molecular flexibility index (Phi) is 7.01. The number of rotatable bonds is 7. The quantitative estimate of drug-likeness (QED) is 0.334. The number of nitrogens with zero attached hydrogens (tertiary/aromatic N) is 1. The smallest absolute Gasteiger partial charge is 0.344 e. The summed E-state index contributed by atoms with van der Waals surface area (Å²) in [6.07, 6.45) is -0.610. The van der Waals surface area contributed by atoms with Crippen LogP contribution < -0.4 is 10.2 Å². The first-order valence-electron chi connectivity index (χ1n) is 11.3. The Morgan fingerprint density at radius 2 is 1.84 bits per heavy atom. The van der Waals surface area contributed by atoms with Gasteiger partial charge in [0.1, 0.15) is 11.3 Å². The lowest BCUT2D eigenvalue weighted by Gasteiger charge is -2.17. The van der Waals surface area contributed by atoms with Crippen LogP contribution in [0.1, 0.15) is 34.1 Å². The molecule has 37 heavy (non-hydrogen) atoms. The summed E-state index contributed by atoms with van der Waals surface area (Å²) in [7, 11) is 0. The van der Waals surface area contributed by atoms with Crippen LogP contribution in [0.15, 0.2) is 47.3 Å². The molecule has 0 atom stereocenters. The number of benzene rings is 2. The van der Waals surface area contributed by atoms with Gasteiger partial charge in [0.15, 0.2) is 11.6 Å². The first kappa shape index (κ1) is 25.5. The van der Waals surface area contributed by atoms with Gasteiger partial charge in [-0.15, -0.1) is 0 Å². The van der Waals surface area contributed by atoms with E-state index in [0.717, 1.165) is 6.07 Å². The number of ether oxygens (including phenoxy) is 2. The molecule has 190 valence electrons. The molecule has 2 aromatic carbocycles. The van der Waals surface area contributed by atoms with Crippen molar-refractivity contribution in [2.45, 2.75) is 27.2 Å². The van der Waals surface area contributed by atoms with Gasteiger partial charge < -0.3 is 19.6 Å². The summed E-state index contributed by atoms with van der Waals surface area (Å²) in [5, 5.41) is 9.91. The number of aliphatic carboxylic acids is 1. The van der Waals surface area contributed by atoms with Gasteiger partial charge in [-0.2, -0.15) is 0 Å². The van der Waals surface area contributed by atoms with Crippen molar-refractivity contribution in [3.63, 3.8) is 0 Å². The van der Waals surface area contributed by atoms with Crippen molar-refractivity contribution in [1.29, 1.82) is 0 Å². The summed E-state index contributed by atoms with van der Waals surface area (Å²) in [5.41, 5.74) is -0.571. The van der Waals surface area contributed by atoms with Crippen molar-refractivity contribution < 1.29 is 33.0 Å². The van der Waals surface area contributed by atoms with Crippen LogP contribution in [-0.4, -0.2) is 33.6 Å². The van der Waals surface area contributed by atoms with Crippen LogP contribution in [-0.2, 0) is 16.0 Å². The molecule has 0 aliphatic carbocycles. The normalized spacial score (nSPS) is 10.9. The molecule has 0 saturated carbocycles. The van der Waals surface area contributed by atoms with Crippen LogP contribution in [0.4, 0.5) is 8.78 Å². The number of aromatic nitrogens is 2. The van der Waals surface area contributed by atoms with Gasteiger partial charge in [0.05, 0.1) is 29.8 Å². The lowest BCUT2D eigenvalue weighted by atomic mass is 9.99. The second kappa shape index (κ2) is 10.2. The SMILES string of the molecule is CCOC(=O)c1c(-c2cc3ccccc3nc2Oc2ccc(F)c(F)c2C)[nH]c(C)c(CC(=O)O)c1=O. The molecule has 0 saturated heterocycles. The zero-order valence-electron chi connectivity index (χ0n) is 20.1. The fourth-order valence-corrected chi connectivity index (χ4v) is 3.93. The summed E-state index contributed by atoms with van der Waals surface area (Å²) in [4.78, 5) is 45.1. The van der Waals surface area contributed by atoms with Crippen molar-refractivity contribution >= 4 is 22.8 Å². The molecular formula is C27H22F2N2O6. The van der Waals surface area contributed by atoms with Crippen LogP contribution >= 0.6 is 0 Å². The van der Waals surface area contributed by atoms with Crippen molar-refractivity contribution in [3.8, 4) is 22.9 Å². The van der Waals surface area contributed by atoms with Gasteiger partial charge in [0.25, 0.3) is 0 Å². The standard InChI is InChI=1S/C27H22F2N2O6/c1-4-36-27(35)22-24(30-14(3)16(25(22)34)12-21(32)33)17-11-15-7-5-6-8-19(15)31-26(17)37-20-10-9-18(28)23(29)13(20)2/h5-11H,4,12H2,1-3H3,(H,30,34)(H,32,33). The zero-order chi connectivity index (χ0) is 26.9. The van der Waals surface area contributed by atoms with E-state index in [1.54, 1.807) is 37.3 Å². The molecule has 0 fully saturated rings. The third-order valence-corrected chi connectivity index (χ3v) is 5.78. The number of esters is 1. The number of hydrogen-bond donors (Lipinski definition) is 2. The maximum Gasteiger partial charge on any atom is 0.344 e. The number of fused-ring (bicyclic) bond motifs is 1. The Balaban J connectivity index is 2.03. The van der Waals surface area contributed by atoms with Gasteiger partial charge in [-0.1, -0.05) is 18.2 Å². The highest BCUT2D eigenvalue weighted by atomic mass is 19.2. The lowest BCUT2D eigenvalue weighted by molar-refractivity contribution is -0.136. The van der Waals surface area contributed by atoms with E-state index < -0.39 is 41.0 Å². The van der Waals surface area contributed by atoms with E-state index in [1.165, 1.54) is 19.9 Å². The number of aromatic amines is 1. The molecule has 4 rings (SSSR count). The van der Waals surface area contributed by atoms with Gasteiger partial charge in [0.2, 0.25) is 11.3 Å². The van der Waals surface area contributed by atoms with Crippen LogP contribution in [0.5, 0.6) is 11.6 Å². The third-order valence-electron chi connectivity index (χ3n) is 5.78. The first-order chi connectivity index (χ1) is 17.6. The Labute approximate surface area is 209 Å². The fraction of sp³-hybridized carbons (Fsp3) is 0.185. The van der Waals surface area contributed by atoms with E-state index in [4.69, 9.17) is 9.47 Å². The molecule has 0 amide bonds. The number of pyridine rings is 2. The van der Waals surface area contributed by atoms with Crippen LogP contribution in [0.2, 0.25) is 0 Å². The summed E-state index contributed by atoms with van der Waals surface area (Å²) >= 11 is 0. The summed E-state index contributed by atoms with van der Waals surface area (Å²) in [6.45, 7) is 4.38. The molecule has 8 nitrogen and oxygen atoms in total. The molecule has 0 bridgehead atoms. The summed E-state index contributed by atoms with van der Waals surface area (Å²) in [6, 6.07) is 10.8. The summed E-state index contributed by atoms with van der Waals surface area (Å²) in [5.74, 6) is -4.47. The third kappa shape index (κ3) is 4.90. The maximum absolute atomic E-state index is 14.2. The predicted molar refractivity (Wildman–Crippen MR) is 131 cm³/mol. The van der Waals surface area contributed by atoms with Crippen molar-refractivity contribution in [3.05, 3.63) is 86.7 Å². The Morgan fingerprint density at radius 1 is 1.11 bits per heavy atom. The van der Waals surface area contributed by atoms with Crippen LogP contribution in [0.25, 0.3) is 22.2 Å². The minimum atomic E-state index is -1.25. The average molecular weight is 508 g/mol. The number of carboxylic acid groups (broad SMARTS) is 1. The lowest BCUT2D eigenvalue weighted by Crippen LogP contribution is -2.26. The fourth-order valence-electron chi connectivity index (χ4n) is 3.93. The number of carboxylic acids is 1. The molecule has 4 aromatic rings. The molecule has 2 aromatic heterocycles. The molecular weight excluding hydrogens is 486 g/mol. The molecule has 2 N–H and O–H groups in total. The van der Waals surface area contributed by atoms with E-state index in [1.807, 2.05) is 0 Å². The number of carbonyl (C=O) groups excluding carboxylic acids is 1. The highest BCUT2D eigenvalue weighted by molar-refractivity contribution is 5.98. The molecule has 10 heteroatoms. The first-order valence-corrected chi connectivity index (χ1v) is 11.3. The topological polar surface area (TPSA) is 119 Å². The van der Waals surface area contributed by atoms with E-state index >= 15 is 0 Å². The molecule has 2 heterocycles. The van der Waals surface area contributed by atoms with E-state index in [9.17, 15) is 28.3 Å². The Hall–Kier alpha value is -4.60. The van der Waals surface area contributed by atoms with E-state index in [0.29, 0.717) is 10.9 Å². The number of para-hydroxylation sites is 1. The van der Waals surface area contributed by atoms with E-state index in [2.05, 4.69) is 9.97 Å². The molecule has 0 unspecified atom stereocenters. The van der Waals surface area contributed by atoms with Crippen LogP contribution in [0, 0.1) is 25.5 Å². The predicted octanol–water partition coefficient (Wildman–Crippen LogP) is 5.08. The minimum absolute atomic E-state index is 0.0106. The molecule has 0 radical (unpaired) electrons. The summed E-state index contributed by atoms with van der Waals surface area (Å²) < 4.78 is 39.0. The average Bonchev–Trinajstić information content (AvgIpc) is 2.86. The Bertz CT molecular complexity index is 1610. The van der Waals surface area contributed by atoms with Gasteiger partial charge >= 0.3 is 11.9 Å². The van der Waals surface area contributed by atoms with E-state index in [-0.39, 0.29) is 46.3 Å². The van der Waals surface area contributed by atoms with Gasteiger partial charge in [-0.05, 0) is 45.0 Å². The Morgan fingerprint density at radius 3 is 2.54 bits per heavy atom. The van der Waals surface area contributed by atoms with Crippen molar-refractivity contribution in [2.75, 3.05) is 6.61 Å². The van der Waals surface area contributed by atoms with Crippen LogP contribution in [0.3, 0.4) is 0 Å². The maximum atomic E-state index is 14.2. The molecule has 0 spiro atoms. The highest BCUT2D eigenvalue weighted by Crippen LogP contribution is 2.37. The molecule has 0 aliphatic heterocycles. The number of halogens is 2. The second-order valence-corrected chi connectivity index (χ2v) is 8.22. The van der Waals surface area contributed by atoms with Gasteiger partial charge in [-0.25, -0.2) is 18.6 Å². The largest absolute Gasteiger partial charge is 0.481 e. The highest BCUT2D eigenvalue weighted by Gasteiger charge is 2.27. The van der Waals surface area contributed by atoms with Crippen molar-refractivity contribution in [1.82, 2.24) is 9.97 Å². The number of aryl methyl sites for hydroxylation is 1. The number of H-pyrrole nitrogens is 1. The van der Waals surface area contributed by atoms with Gasteiger partial charge in [-0.3, -0.25) is 9.59 Å². The molecule has 0 aliphatic rings. The van der Waals surface area contributed by atoms with Gasteiger partial charge in [0, 0.05) is 22.2 Å². The zero-order valence-corrected chi connectivity index (χ0v) is 20.1. The minimum Gasteiger partial charge on any atom is -0.481 e. The number of hydrogen-bond acceptors (Lipinski definition) is 6. The second-order valence-electron chi connectivity index (χ2n) is 8.22. The van der Waals surface area contributed by atoms with Crippen molar-refractivity contribution in [2.24, 2.45) is 0 Å². The number of nitrogens with one attached hydrogen (secondary N) is 1. The number of carbonyl (C=O) groups is 2. The monoisotopic (exact) mass is 508 g/mol.